The van der Waals surface area contributed by atoms with Crippen molar-refractivity contribution in [3.05, 3.63) is 75.3 Å². The minimum atomic E-state index is -2.13. The van der Waals surface area contributed by atoms with Gasteiger partial charge in [0.2, 0.25) is 0 Å². The van der Waals surface area contributed by atoms with E-state index in [1.807, 2.05) is 29.9 Å². The second-order valence-electron chi connectivity index (χ2n) is 11.0. The number of nitrogens with one attached hydrogen (secondary N) is 1. The van der Waals surface area contributed by atoms with Crippen LogP contribution < -0.4 is 11.1 Å². The highest BCUT2D eigenvalue weighted by Gasteiger charge is 2.60. The quantitative estimate of drug-likeness (QED) is 0.347. The number of fused-ring (bicyclic) bond motifs is 3. The summed E-state index contributed by atoms with van der Waals surface area (Å²) in [5.74, 6) is -4.36. The van der Waals surface area contributed by atoms with E-state index in [9.17, 15) is 29.7 Å². The number of aromatic nitrogens is 1. The Morgan fingerprint density at radius 3 is 2.54 bits per heavy atom. The van der Waals surface area contributed by atoms with Crippen LogP contribution in [-0.2, 0) is 36.1 Å². The van der Waals surface area contributed by atoms with E-state index in [0.717, 1.165) is 16.8 Å². The van der Waals surface area contributed by atoms with Crippen LogP contribution >= 0.6 is 0 Å². The second-order valence-corrected chi connectivity index (χ2v) is 11.0. The highest BCUT2D eigenvalue weighted by molar-refractivity contribution is 6.22. The number of aliphatic hydroxyl groups is 2. The number of carbonyl (C=O) groups excluding carboxylic acids is 3. The summed E-state index contributed by atoms with van der Waals surface area (Å²) in [7, 11) is 5.29. The molecule has 1 heterocycles. The molecule has 0 fully saturated rings. The first-order valence-electron chi connectivity index (χ1n) is 13.0. The van der Waals surface area contributed by atoms with E-state index in [-0.39, 0.29) is 34.8 Å². The van der Waals surface area contributed by atoms with Crippen molar-refractivity contribution in [3.63, 3.8) is 0 Å². The summed E-state index contributed by atoms with van der Waals surface area (Å²) in [5, 5.41) is 37.2. The number of nitrogens with two attached hydrogens (primary N) is 1. The van der Waals surface area contributed by atoms with Gasteiger partial charge in [0.15, 0.2) is 11.6 Å². The van der Waals surface area contributed by atoms with Crippen LogP contribution in [0.3, 0.4) is 0 Å². The largest absolute Gasteiger partial charge is 0.508 e. The van der Waals surface area contributed by atoms with Gasteiger partial charge in [0.05, 0.1) is 11.6 Å². The van der Waals surface area contributed by atoms with Crippen LogP contribution in [-0.4, -0.2) is 68.0 Å². The number of allylic oxidation sites excluding steroid dienone is 1. The van der Waals surface area contributed by atoms with Crippen LogP contribution in [0.5, 0.6) is 5.75 Å². The Morgan fingerprint density at radius 1 is 1.21 bits per heavy atom. The summed E-state index contributed by atoms with van der Waals surface area (Å²) in [4.78, 5) is 41.0. The van der Waals surface area contributed by atoms with E-state index in [0.29, 0.717) is 19.5 Å². The van der Waals surface area contributed by atoms with Crippen molar-refractivity contribution in [3.8, 4) is 5.75 Å². The van der Waals surface area contributed by atoms with Gasteiger partial charge in [-0.05, 0) is 74.7 Å². The van der Waals surface area contributed by atoms with Crippen LogP contribution in [0.15, 0.2) is 52.9 Å². The molecule has 0 aliphatic heterocycles. The Hall–Kier alpha value is -3.73. The number of aryl methyl sites for hydroxylation is 1. The molecular formula is C29H34N4O6. The molecule has 206 valence electrons. The van der Waals surface area contributed by atoms with E-state index in [1.165, 1.54) is 13.0 Å². The third-order valence-corrected chi connectivity index (χ3v) is 8.74. The summed E-state index contributed by atoms with van der Waals surface area (Å²) < 4.78 is 2.02. The number of Topliss-reactive ketones (excluding diaryl/α,β-unsaturated/α-hetero) is 2. The minimum absolute atomic E-state index is 0.156. The number of carbonyl (C=O) groups is 3. The van der Waals surface area contributed by atoms with Crippen LogP contribution in [0.1, 0.15) is 40.5 Å². The summed E-state index contributed by atoms with van der Waals surface area (Å²) in [5.41, 5.74) is 6.01. The maximum atomic E-state index is 13.9. The Labute approximate surface area is 226 Å². The van der Waals surface area contributed by atoms with E-state index in [1.54, 1.807) is 25.1 Å². The lowest BCUT2D eigenvalue weighted by molar-refractivity contribution is -0.133. The van der Waals surface area contributed by atoms with Crippen LogP contribution in [0, 0.1) is 11.8 Å². The maximum absolute atomic E-state index is 13.9. The molecule has 0 unspecified atom stereocenters. The maximum Gasteiger partial charge on any atom is 0.255 e. The lowest BCUT2D eigenvalue weighted by atomic mass is 9.57. The third-order valence-electron chi connectivity index (χ3n) is 8.74. The molecule has 3 aliphatic carbocycles. The number of aliphatic hydroxyl groups excluding tert-OH is 1. The molecule has 3 aliphatic rings. The molecular weight excluding hydrogens is 500 g/mol. The molecule has 0 saturated heterocycles. The van der Waals surface area contributed by atoms with Gasteiger partial charge in [-0.1, -0.05) is 6.07 Å². The normalized spacial score (nSPS) is 26.6. The SMILES string of the molecule is CC1=C2C(=O)c3c(O)ccc(CNCc4cccn4C)c3C[C@H]2C[C@H]2[C@H](N(C)C)C(=O)C(C(N)=O)=C(O)[C@@]12O. The van der Waals surface area contributed by atoms with E-state index in [4.69, 9.17) is 5.73 Å². The number of rotatable bonds is 6. The number of ketones is 2. The number of phenols is 1. The predicted molar refractivity (Wildman–Crippen MR) is 143 cm³/mol. The van der Waals surface area contributed by atoms with Crippen molar-refractivity contribution in [1.29, 1.82) is 0 Å². The third kappa shape index (κ3) is 3.93. The average molecular weight is 535 g/mol. The van der Waals surface area contributed by atoms with Crippen LogP contribution in [0.25, 0.3) is 0 Å². The van der Waals surface area contributed by atoms with Crippen molar-refractivity contribution >= 4 is 17.5 Å². The molecule has 6 N–H and O–H groups in total. The van der Waals surface area contributed by atoms with Gasteiger partial charge in [0.1, 0.15) is 22.7 Å². The van der Waals surface area contributed by atoms with Gasteiger partial charge < -0.3 is 30.9 Å². The monoisotopic (exact) mass is 534 g/mol. The summed E-state index contributed by atoms with van der Waals surface area (Å²) in [6.45, 7) is 2.64. The highest BCUT2D eigenvalue weighted by atomic mass is 16.3. The molecule has 1 aromatic carbocycles. The van der Waals surface area contributed by atoms with E-state index >= 15 is 0 Å². The van der Waals surface area contributed by atoms with E-state index < -0.39 is 46.4 Å². The molecule has 0 saturated carbocycles. The Balaban J connectivity index is 1.59. The Kier molecular flexibility index (Phi) is 6.53. The number of hydrogen-bond donors (Lipinski definition) is 5. The van der Waals surface area contributed by atoms with Gasteiger partial charge >= 0.3 is 0 Å². The van der Waals surface area contributed by atoms with Crippen molar-refractivity contribution in [1.82, 2.24) is 14.8 Å². The lowest BCUT2D eigenvalue weighted by Crippen LogP contribution is -2.62. The number of likely N-dealkylation sites (N-methyl/N-ethyl adjacent to an activating group) is 1. The van der Waals surface area contributed by atoms with Gasteiger partial charge in [-0.15, -0.1) is 0 Å². The number of primary amides is 1. The van der Waals surface area contributed by atoms with Crippen molar-refractivity contribution in [2.45, 2.75) is 44.5 Å². The first kappa shape index (κ1) is 26.9. The van der Waals surface area contributed by atoms with E-state index in [2.05, 4.69) is 5.32 Å². The number of hydrogen-bond acceptors (Lipinski definition) is 8. The molecule has 10 heteroatoms. The number of benzene rings is 1. The fourth-order valence-corrected chi connectivity index (χ4v) is 6.82. The predicted octanol–water partition coefficient (Wildman–Crippen LogP) is 1.25. The van der Waals surface area contributed by atoms with Crippen LogP contribution in [0.4, 0.5) is 0 Å². The lowest BCUT2D eigenvalue weighted by Gasteiger charge is -2.51. The molecule has 39 heavy (non-hydrogen) atoms. The van der Waals surface area contributed by atoms with Gasteiger partial charge in [-0.2, -0.15) is 0 Å². The molecule has 0 bridgehead atoms. The number of nitrogens with zero attached hydrogens (tertiary/aromatic N) is 2. The molecule has 4 atom stereocenters. The number of aromatic hydroxyl groups is 1. The zero-order chi connectivity index (χ0) is 28.4. The Morgan fingerprint density at radius 2 is 1.92 bits per heavy atom. The highest BCUT2D eigenvalue weighted by Crippen LogP contribution is 2.53. The summed E-state index contributed by atoms with van der Waals surface area (Å²) in [6.07, 6.45) is 2.59. The first-order chi connectivity index (χ1) is 18.4. The number of phenolic OH excluding ortho intramolecular Hbond substituents is 1. The Bertz CT molecular complexity index is 1470. The topological polar surface area (TPSA) is 158 Å². The second kappa shape index (κ2) is 9.48. The van der Waals surface area contributed by atoms with Gasteiger partial charge in [-0.25, -0.2) is 0 Å². The van der Waals surface area contributed by atoms with Crippen LogP contribution in [0.2, 0.25) is 0 Å². The fraction of sp³-hybridized carbons (Fsp3) is 0.414. The summed E-state index contributed by atoms with van der Waals surface area (Å²) in [6, 6.07) is 6.36. The zero-order valence-corrected chi connectivity index (χ0v) is 22.5. The van der Waals surface area contributed by atoms with Crippen molar-refractivity contribution in [2.75, 3.05) is 14.1 Å². The van der Waals surface area contributed by atoms with Crippen molar-refractivity contribution < 1.29 is 29.7 Å². The minimum Gasteiger partial charge on any atom is -0.508 e. The molecule has 1 amide bonds. The van der Waals surface area contributed by atoms with Crippen molar-refractivity contribution in [2.24, 2.45) is 24.6 Å². The van der Waals surface area contributed by atoms with Gasteiger partial charge in [0, 0.05) is 43.5 Å². The molecule has 0 radical (unpaired) electrons. The fourth-order valence-electron chi connectivity index (χ4n) is 6.82. The number of amides is 1. The molecule has 5 rings (SSSR count). The molecule has 2 aromatic rings. The summed E-state index contributed by atoms with van der Waals surface area (Å²) >= 11 is 0. The molecule has 10 nitrogen and oxygen atoms in total. The smallest absolute Gasteiger partial charge is 0.255 e. The first-order valence-corrected chi connectivity index (χ1v) is 13.0. The van der Waals surface area contributed by atoms with Gasteiger partial charge in [-0.3, -0.25) is 19.3 Å². The standard InChI is InChI=1S/C29H34N4O6/c1-14-21-16(11-19-24(32(2)3)26(36)23(28(30)38)27(37)29(14,19)39)10-18-15(7-8-20(34)22(18)25(21)35)12-31-13-17-6-5-9-33(17)4/h5-9,16,19,24,31,34,37,39H,10-13H2,1-4H3,(H2,30,38)/t16-,19-,24-,29+/m0/s1. The molecule has 1 aromatic heterocycles. The van der Waals surface area contributed by atoms with Gasteiger partial charge in [0.25, 0.3) is 5.91 Å². The zero-order valence-electron chi connectivity index (χ0n) is 22.5. The average Bonchev–Trinajstić information content (AvgIpc) is 3.26. The molecule has 0 spiro atoms.